The molecule has 0 spiro atoms. The molecule has 2 atom stereocenters. The Morgan fingerprint density at radius 2 is 2.25 bits per heavy atom. The van der Waals surface area contributed by atoms with Crippen molar-refractivity contribution < 1.29 is 0 Å². The third kappa shape index (κ3) is 3.05. The molecule has 1 aromatic rings. The van der Waals surface area contributed by atoms with E-state index in [0.717, 1.165) is 4.90 Å². The standard InChI is InChI=1S/C9H14P2S/c1-11(6-5-10)8-3-2-4-9(12)7-8/h2-4,7,12H,5-6,10H2,1H3. The third-order valence-electron chi connectivity index (χ3n) is 1.74. The van der Waals surface area contributed by atoms with Gasteiger partial charge < -0.3 is 0 Å². The van der Waals surface area contributed by atoms with Gasteiger partial charge in [0.25, 0.3) is 0 Å². The highest BCUT2D eigenvalue weighted by Gasteiger charge is 2.02. The van der Waals surface area contributed by atoms with E-state index >= 15 is 0 Å². The molecule has 1 aromatic carbocycles. The van der Waals surface area contributed by atoms with Crippen molar-refractivity contribution in [2.75, 3.05) is 19.0 Å². The van der Waals surface area contributed by atoms with Gasteiger partial charge in [-0.2, -0.15) is 0 Å². The smallest absolute Gasteiger partial charge is 0.00463 e. The molecule has 12 heavy (non-hydrogen) atoms. The second-order valence-electron chi connectivity index (χ2n) is 2.73. The molecular weight excluding hydrogens is 202 g/mol. The summed E-state index contributed by atoms with van der Waals surface area (Å²) in [4.78, 5) is 1.07. The van der Waals surface area contributed by atoms with E-state index in [4.69, 9.17) is 0 Å². The van der Waals surface area contributed by atoms with Crippen LogP contribution in [-0.2, 0) is 0 Å². The molecule has 0 heterocycles. The van der Waals surface area contributed by atoms with Gasteiger partial charge in [0.1, 0.15) is 0 Å². The Balaban J connectivity index is 2.73. The Labute approximate surface area is 83.5 Å². The second-order valence-corrected chi connectivity index (χ2v) is 6.18. The van der Waals surface area contributed by atoms with E-state index < -0.39 is 0 Å². The topological polar surface area (TPSA) is 0 Å². The van der Waals surface area contributed by atoms with E-state index in [1.54, 1.807) is 0 Å². The molecule has 0 nitrogen and oxygen atoms in total. The summed E-state index contributed by atoms with van der Waals surface area (Å²) in [6.07, 6.45) is 2.48. The fourth-order valence-electron chi connectivity index (χ4n) is 1.05. The van der Waals surface area contributed by atoms with Crippen LogP contribution in [0.1, 0.15) is 0 Å². The van der Waals surface area contributed by atoms with Crippen molar-refractivity contribution in [3.8, 4) is 0 Å². The molecule has 1 rings (SSSR count). The van der Waals surface area contributed by atoms with E-state index in [1.807, 2.05) is 6.07 Å². The zero-order valence-electron chi connectivity index (χ0n) is 7.20. The van der Waals surface area contributed by atoms with Crippen LogP contribution >= 0.6 is 29.8 Å². The van der Waals surface area contributed by atoms with E-state index in [-0.39, 0.29) is 7.92 Å². The Hall–Kier alpha value is 0.430. The third-order valence-corrected chi connectivity index (χ3v) is 4.88. The minimum Gasteiger partial charge on any atom is -0.143 e. The molecule has 0 saturated heterocycles. The van der Waals surface area contributed by atoms with Crippen LogP contribution in [0.5, 0.6) is 0 Å². The molecule has 0 fully saturated rings. The van der Waals surface area contributed by atoms with Crippen LogP contribution in [0.3, 0.4) is 0 Å². The summed E-state index contributed by atoms with van der Waals surface area (Å²) in [7, 11) is 2.82. The van der Waals surface area contributed by atoms with Crippen LogP contribution < -0.4 is 5.30 Å². The summed E-state index contributed by atoms with van der Waals surface area (Å²) < 4.78 is 0. The van der Waals surface area contributed by atoms with Crippen LogP contribution in [0.4, 0.5) is 0 Å². The van der Waals surface area contributed by atoms with Gasteiger partial charge in [0.05, 0.1) is 0 Å². The lowest BCUT2D eigenvalue weighted by Crippen LogP contribution is -2.02. The molecule has 3 heteroatoms. The normalized spacial score (nSPS) is 12.9. The molecule has 0 amide bonds. The van der Waals surface area contributed by atoms with E-state index in [9.17, 15) is 0 Å². The highest BCUT2D eigenvalue weighted by atomic mass is 32.1. The monoisotopic (exact) mass is 216 g/mol. The van der Waals surface area contributed by atoms with Gasteiger partial charge in [-0.05, 0) is 36.4 Å². The van der Waals surface area contributed by atoms with Gasteiger partial charge in [-0.1, -0.05) is 20.1 Å². The SMILES string of the molecule is CP(CCP)c1cccc(S)c1. The summed E-state index contributed by atoms with van der Waals surface area (Å²) in [6, 6.07) is 8.48. The molecule has 0 bridgehead atoms. The molecule has 0 aliphatic rings. The highest BCUT2D eigenvalue weighted by Crippen LogP contribution is 2.29. The van der Waals surface area contributed by atoms with Gasteiger partial charge in [0.2, 0.25) is 0 Å². The van der Waals surface area contributed by atoms with Gasteiger partial charge in [-0.25, -0.2) is 0 Å². The van der Waals surface area contributed by atoms with Gasteiger partial charge in [-0.15, -0.1) is 21.9 Å². The van der Waals surface area contributed by atoms with Crippen molar-refractivity contribution in [3.63, 3.8) is 0 Å². The maximum atomic E-state index is 4.32. The maximum Gasteiger partial charge on any atom is 0.00463 e. The Morgan fingerprint density at radius 3 is 2.83 bits per heavy atom. The summed E-state index contributed by atoms with van der Waals surface area (Å²) in [5.74, 6) is 0. The van der Waals surface area contributed by atoms with Crippen LogP contribution in [-0.4, -0.2) is 19.0 Å². The van der Waals surface area contributed by atoms with Crippen LogP contribution in [0, 0.1) is 0 Å². The first-order valence-corrected chi connectivity index (χ1v) is 7.18. The molecular formula is C9H14P2S. The van der Waals surface area contributed by atoms with E-state index in [2.05, 4.69) is 46.7 Å². The molecule has 0 radical (unpaired) electrons. The zero-order chi connectivity index (χ0) is 8.97. The Bertz CT molecular complexity index is 250. The average molecular weight is 216 g/mol. The first-order chi connectivity index (χ1) is 5.74. The Kier molecular flexibility index (Phi) is 4.57. The van der Waals surface area contributed by atoms with Gasteiger partial charge in [0.15, 0.2) is 0 Å². The number of benzene rings is 1. The first kappa shape index (κ1) is 10.5. The quantitative estimate of drug-likeness (QED) is 0.582. The number of thiol groups is 1. The fraction of sp³-hybridized carbons (Fsp3) is 0.333. The predicted octanol–water partition coefficient (Wildman–Crippen LogP) is 2.59. The zero-order valence-corrected chi connectivity index (χ0v) is 10.1. The minimum absolute atomic E-state index is 0.0383. The van der Waals surface area contributed by atoms with Crippen LogP contribution in [0.2, 0.25) is 0 Å². The molecule has 0 saturated carbocycles. The number of hydrogen-bond acceptors (Lipinski definition) is 1. The van der Waals surface area contributed by atoms with Gasteiger partial charge >= 0.3 is 0 Å². The van der Waals surface area contributed by atoms with E-state index in [0.29, 0.717) is 0 Å². The lowest BCUT2D eigenvalue weighted by molar-refractivity contribution is 1.49. The van der Waals surface area contributed by atoms with Crippen LogP contribution in [0.25, 0.3) is 0 Å². The van der Waals surface area contributed by atoms with Crippen molar-refractivity contribution >= 4 is 35.1 Å². The second kappa shape index (κ2) is 5.22. The van der Waals surface area contributed by atoms with Crippen molar-refractivity contribution in [1.82, 2.24) is 0 Å². The van der Waals surface area contributed by atoms with E-state index in [1.165, 1.54) is 17.6 Å². The largest absolute Gasteiger partial charge is 0.143 e. The van der Waals surface area contributed by atoms with Gasteiger partial charge in [0, 0.05) is 4.90 Å². The summed E-state index contributed by atoms with van der Waals surface area (Å²) >= 11 is 4.32. The fourth-order valence-corrected chi connectivity index (χ4v) is 3.89. The molecule has 0 N–H and O–H groups in total. The van der Waals surface area contributed by atoms with Crippen molar-refractivity contribution in [2.24, 2.45) is 0 Å². The summed E-state index contributed by atoms with van der Waals surface area (Å²) in [5.41, 5.74) is 0. The molecule has 0 aromatic heterocycles. The molecule has 0 aliphatic carbocycles. The predicted molar refractivity (Wildman–Crippen MR) is 65.6 cm³/mol. The number of rotatable bonds is 3. The summed E-state index contributed by atoms with van der Waals surface area (Å²) in [6.45, 7) is 2.32. The number of hydrogen-bond donors (Lipinski definition) is 1. The van der Waals surface area contributed by atoms with Gasteiger partial charge in [-0.3, -0.25) is 0 Å². The maximum absolute atomic E-state index is 4.32. The van der Waals surface area contributed by atoms with Crippen molar-refractivity contribution in [3.05, 3.63) is 24.3 Å². The molecule has 66 valence electrons. The lowest BCUT2D eigenvalue weighted by Gasteiger charge is -2.10. The highest BCUT2D eigenvalue weighted by molar-refractivity contribution is 7.80. The lowest BCUT2D eigenvalue weighted by atomic mass is 10.4. The average Bonchev–Trinajstić information content (AvgIpc) is 2.05. The van der Waals surface area contributed by atoms with Crippen molar-refractivity contribution in [2.45, 2.75) is 4.90 Å². The minimum atomic E-state index is 0.0383. The van der Waals surface area contributed by atoms with Crippen molar-refractivity contribution in [1.29, 1.82) is 0 Å². The summed E-state index contributed by atoms with van der Waals surface area (Å²) in [5, 5.41) is 1.46. The Morgan fingerprint density at radius 1 is 1.50 bits per heavy atom. The van der Waals surface area contributed by atoms with Crippen LogP contribution in [0.15, 0.2) is 29.2 Å². The molecule has 2 unspecified atom stereocenters. The molecule has 0 aliphatic heterocycles. The first-order valence-electron chi connectivity index (χ1n) is 3.94.